The summed E-state index contributed by atoms with van der Waals surface area (Å²) in [7, 11) is 0. The van der Waals surface area contributed by atoms with Crippen molar-refractivity contribution in [3.05, 3.63) is 81.2 Å². The summed E-state index contributed by atoms with van der Waals surface area (Å²) >= 11 is 0.0223. The first kappa shape index (κ1) is 18.3. The Labute approximate surface area is 166 Å². The molecule has 0 N–H and O–H groups in total. The summed E-state index contributed by atoms with van der Waals surface area (Å²) in [6.07, 6.45) is 3.34. The van der Waals surface area contributed by atoms with Crippen molar-refractivity contribution >= 4 is 30.2 Å². The first-order chi connectivity index (χ1) is 12.8. The second-order valence-electron chi connectivity index (χ2n) is 6.38. The Morgan fingerprint density at radius 2 is 1.58 bits per heavy atom. The van der Waals surface area contributed by atoms with Gasteiger partial charge in [-0.05, 0) is 0 Å². The van der Waals surface area contributed by atoms with Gasteiger partial charge in [-0.2, -0.15) is 0 Å². The summed E-state index contributed by atoms with van der Waals surface area (Å²) in [4.78, 5) is 2.35. The standard InChI is InChI=1S/C20H21BrGeNO3/c21-20(15-17-7-3-1-4-8-17)22-24-13-11-23(12-14-25-22)16-19(26-22)18-9-5-2-6-10-18/h1-10,19H,11-14,16H2/q+1. The van der Waals surface area contributed by atoms with Gasteiger partial charge in [-0.25, -0.2) is 0 Å². The zero-order valence-electron chi connectivity index (χ0n) is 14.4. The van der Waals surface area contributed by atoms with Crippen molar-refractivity contribution in [2.75, 3.05) is 32.8 Å². The minimum absolute atomic E-state index is 0.0677. The van der Waals surface area contributed by atoms with Crippen LogP contribution in [-0.4, -0.2) is 52.0 Å². The summed E-state index contributed by atoms with van der Waals surface area (Å²) < 4.78 is 20.0. The molecule has 3 aliphatic rings. The summed E-state index contributed by atoms with van der Waals surface area (Å²) in [5.74, 6) is 0. The second-order valence-corrected chi connectivity index (χ2v) is 13.8. The van der Waals surface area contributed by atoms with Crippen molar-refractivity contribution in [2.45, 2.75) is 6.10 Å². The van der Waals surface area contributed by atoms with E-state index in [1.54, 1.807) is 0 Å². The van der Waals surface area contributed by atoms with Crippen molar-refractivity contribution in [3.8, 4) is 0 Å². The molecule has 0 saturated carbocycles. The quantitative estimate of drug-likeness (QED) is 0.500. The van der Waals surface area contributed by atoms with Crippen LogP contribution in [0, 0.1) is 6.08 Å². The van der Waals surface area contributed by atoms with E-state index in [4.69, 9.17) is 11.3 Å². The molecule has 3 saturated heterocycles. The first-order valence-electron chi connectivity index (χ1n) is 8.83. The van der Waals surface area contributed by atoms with Crippen molar-refractivity contribution in [2.24, 2.45) is 0 Å². The van der Waals surface area contributed by atoms with Gasteiger partial charge in [-0.1, -0.05) is 0 Å². The molecule has 0 aromatic heterocycles. The molecule has 0 radical (unpaired) electrons. The summed E-state index contributed by atoms with van der Waals surface area (Å²) in [6.45, 7) is 3.89. The van der Waals surface area contributed by atoms with Gasteiger partial charge in [0.25, 0.3) is 0 Å². The van der Waals surface area contributed by atoms with E-state index in [9.17, 15) is 0 Å². The van der Waals surface area contributed by atoms with E-state index in [0.29, 0.717) is 13.2 Å². The van der Waals surface area contributed by atoms with Crippen LogP contribution in [0.25, 0.3) is 0 Å². The van der Waals surface area contributed by atoms with Crippen LogP contribution in [0.3, 0.4) is 0 Å². The SMILES string of the molecule is Br[C](=[C+]c1ccccc1)[Ge]12[O]CCN(CC[O]1)CC(c1ccccc1)[O]2. The average Bonchev–Trinajstić information content (AvgIpc) is 2.62. The van der Waals surface area contributed by atoms with Crippen LogP contribution in [0.4, 0.5) is 0 Å². The van der Waals surface area contributed by atoms with E-state index in [0.717, 1.165) is 34.1 Å². The number of rotatable bonds is 3. The van der Waals surface area contributed by atoms with Gasteiger partial charge in [-0.15, -0.1) is 0 Å². The number of fused-ring (bicyclic) bond motifs is 6. The topological polar surface area (TPSA) is 30.9 Å². The van der Waals surface area contributed by atoms with Crippen molar-refractivity contribution in [1.82, 2.24) is 4.90 Å². The fraction of sp³-hybridized carbons (Fsp3) is 0.300. The second kappa shape index (κ2) is 8.32. The third-order valence-corrected chi connectivity index (χ3v) is 12.4. The van der Waals surface area contributed by atoms with Gasteiger partial charge >= 0.3 is 167 Å². The summed E-state index contributed by atoms with van der Waals surface area (Å²) in [5, 5.41) is 0. The molecule has 3 aliphatic heterocycles. The molecule has 4 nitrogen and oxygen atoms in total. The molecule has 0 spiro atoms. The maximum atomic E-state index is 6.62. The van der Waals surface area contributed by atoms with Gasteiger partial charge in [0.1, 0.15) is 0 Å². The van der Waals surface area contributed by atoms with Crippen LogP contribution >= 0.6 is 15.9 Å². The van der Waals surface area contributed by atoms with E-state index in [2.05, 4.69) is 39.0 Å². The molecule has 0 aliphatic carbocycles. The Balaban J connectivity index is 1.69. The van der Waals surface area contributed by atoms with Crippen molar-refractivity contribution < 1.29 is 11.3 Å². The van der Waals surface area contributed by atoms with Gasteiger partial charge in [-0.3, -0.25) is 0 Å². The van der Waals surface area contributed by atoms with Crippen molar-refractivity contribution in [3.63, 3.8) is 0 Å². The third-order valence-electron chi connectivity index (χ3n) is 4.59. The fourth-order valence-electron chi connectivity index (χ4n) is 3.23. The number of hydrogen-bond acceptors (Lipinski definition) is 4. The Morgan fingerprint density at radius 3 is 2.23 bits per heavy atom. The van der Waals surface area contributed by atoms with Crippen LogP contribution in [0.15, 0.2) is 64.0 Å². The van der Waals surface area contributed by atoms with E-state index < -0.39 is 14.3 Å². The predicted octanol–water partition coefficient (Wildman–Crippen LogP) is 3.72. The number of hydrogen-bond donors (Lipinski definition) is 0. The molecular weight excluding hydrogens is 455 g/mol. The van der Waals surface area contributed by atoms with Gasteiger partial charge in [0.05, 0.1) is 0 Å². The average molecular weight is 476 g/mol. The van der Waals surface area contributed by atoms with E-state index in [1.807, 2.05) is 48.5 Å². The monoisotopic (exact) mass is 476 g/mol. The van der Waals surface area contributed by atoms with Crippen LogP contribution in [-0.2, 0) is 11.3 Å². The van der Waals surface area contributed by atoms with Crippen LogP contribution < -0.4 is 0 Å². The number of nitrogens with zero attached hydrogens (tertiary/aromatic N) is 1. The Hall–Kier alpha value is -1.05. The molecule has 1 unspecified atom stereocenters. The summed E-state index contributed by atoms with van der Waals surface area (Å²) in [5.41, 5.74) is 2.14. The molecule has 134 valence electrons. The van der Waals surface area contributed by atoms with Gasteiger partial charge in [0.2, 0.25) is 0 Å². The van der Waals surface area contributed by atoms with E-state index >= 15 is 0 Å². The van der Waals surface area contributed by atoms with E-state index in [1.165, 1.54) is 0 Å². The molecular formula is C20H21BrGeNO3+. The van der Waals surface area contributed by atoms with Crippen molar-refractivity contribution in [1.29, 1.82) is 0 Å². The molecule has 26 heavy (non-hydrogen) atoms. The normalized spacial score (nSPS) is 29.3. The van der Waals surface area contributed by atoms with Crippen LogP contribution in [0.1, 0.15) is 17.2 Å². The van der Waals surface area contributed by atoms with Gasteiger partial charge < -0.3 is 0 Å². The first-order valence-corrected chi connectivity index (χ1v) is 13.2. The van der Waals surface area contributed by atoms with E-state index in [-0.39, 0.29) is 6.10 Å². The molecule has 2 aromatic rings. The number of halogens is 1. The molecule has 3 fully saturated rings. The molecule has 0 amide bonds. The zero-order chi connectivity index (χ0) is 17.8. The molecule has 2 aromatic carbocycles. The zero-order valence-corrected chi connectivity index (χ0v) is 18.1. The van der Waals surface area contributed by atoms with Crippen LogP contribution in [0.2, 0.25) is 0 Å². The molecule has 3 heterocycles. The minimum atomic E-state index is -3.69. The van der Waals surface area contributed by atoms with Crippen LogP contribution in [0.5, 0.6) is 0 Å². The Morgan fingerprint density at radius 1 is 0.962 bits per heavy atom. The predicted molar refractivity (Wildman–Crippen MR) is 106 cm³/mol. The molecule has 1 atom stereocenters. The summed E-state index contributed by atoms with van der Waals surface area (Å²) in [6, 6.07) is 20.4. The molecule has 6 heteroatoms. The van der Waals surface area contributed by atoms with Gasteiger partial charge in [0, 0.05) is 0 Å². The third kappa shape index (κ3) is 4.10. The number of benzene rings is 2. The Bertz CT molecular complexity index is 746. The fourth-order valence-corrected chi connectivity index (χ4v) is 9.70. The Kier molecular flexibility index (Phi) is 5.86. The molecule has 5 rings (SSSR count). The molecule has 2 bridgehead atoms. The van der Waals surface area contributed by atoms with Gasteiger partial charge in [0.15, 0.2) is 0 Å². The maximum absolute atomic E-state index is 6.62.